The average Bonchev–Trinajstić information content (AvgIpc) is 2.48. The Morgan fingerprint density at radius 3 is 2.70 bits per heavy atom. The molecule has 100 valence electrons. The summed E-state index contributed by atoms with van der Waals surface area (Å²) in [6.45, 7) is 2.02. The number of hydrogen-bond donors (Lipinski definition) is 1. The topological polar surface area (TPSA) is 33.1 Å². The first-order chi connectivity index (χ1) is 9.66. The number of aliphatic hydroxyl groups is 1. The monoisotopic (exact) mass is 327 g/mol. The van der Waals surface area contributed by atoms with Crippen molar-refractivity contribution in [3.8, 4) is 0 Å². The fraction of sp³-hybridized carbons (Fsp3) is 0.118. The number of benzene rings is 2. The summed E-state index contributed by atoms with van der Waals surface area (Å²) in [6, 6.07) is 15.8. The van der Waals surface area contributed by atoms with Crippen LogP contribution in [0.4, 0.5) is 0 Å². The lowest BCUT2D eigenvalue weighted by atomic mass is 9.98. The number of nitrogens with zero attached hydrogens (tertiary/aromatic N) is 1. The Hall–Kier alpha value is -1.71. The lowest BCUT2D eigenvalue weighted by Gasteiger charge is -2.15. The molecule has 0 aliphatic carbocycles. The molecule has 3 aromatic rings. The molecule has 0 amide bonds. The first kappa shape index (κ1) is 13.3. The van der Waals surface area contributed by atoms with Crippen molar-refractivity contribution in [1.82, 2.24) is 4.98 Å². The quantitative estimate of drug-likeness (QED) is 0.757. The van der Waals surface area contributed by atoms with Crippen LogP contribution in [0.3, 0.4) is 0 Å². The van der Waals surface area contributed by atoms with Crippen molar-refractivity contribution in [2.24, 2.45) is 0 Å². The number of aromatic nitrogens is 1. The van der Waals surface area contributed by atoms with Gasteiger partial charge in [0.15, 0.2) is 0 Å². The third kappa shape index (κ3) is 2.35. The Balaban J connectivity index is 2.17. The molecule has 3 heteroatoms. The van der Waals surface area contributed by atoms with E-state index in [-0.39, 0.29) is 0 Å². The zero-order chi connectivity index (χ0) is 14.1. The smallest absolute Gasteiger partial charge is 0.107 e. The minimum absolute atomic E-state index is 0.692. The van der Waals surface area contributed by atoms with Crippen molar-refractivity contribution in [2.45, 2.75) is 13.0 Å². The molecule has 0 fully saturated rings. The number of fused-ring (bicyclic) bond motifs is 1. The van der Waals surface area contributed by atoms with Crippen LogP contribution in [0.15, 0.2) is 59.2 Å². The molecule has 1 heterocycles. The Labute approximate surface area is 126 Å². The van der Waals surface area contributed by atoms with Crippen molar-refractivity contribution in [3.63, 3.8) is 0 Å². The summed E-state index contributed by atoms with van der Waals surface area (Å²) in [5.74, 6) is 0. The van der Waals surface area contributed by atoms with Crippen LogP contribution >= 0.6 is 15.9 Å². The first-order valence-electron chi connectivity index (χ1n) is 6.44. The highest BCUT2D eigenvalue weighted by atomic mass is 79.9. The maximum Gasteiger partial charge on any atom is 0.107 e. The second-order valence-corrected chi connectivity index (χ2v) is 5.70. The Kier molecular flexibility index (Phi) is 3.55. The van der Waals surface area contributed by atoms with E-state index in [0.717, 1.165) is 32.1 Å². The van der Waals surface area contributed by atoms with Crippen LogP contribution in [0.2, 0.25) is 0 Å². The van der Waals surface area contributed by atoms with E-state index in [9.17, 15) is 5.11 Å². The molecular formula is C17H14BrNO. The largest absolute Gasteiger partial charge is 0.384 e. The molecule has 1 unspecified atom stereocenters. The molecule has 2 aromatic carbocycles. The van der Waals surface area contributed by atoms with Gasteiger partial charge in [0.25, 0.3) is 0 Å². The van der Waals surface area contributed by atoms with Crippen molar-refractivity contribution in [2.75, 3.05) is 0 Å². The Morgan fingerprint density at radius 1 is 1.05 bits per heavy atom. The van der Waals surface area contributed by atoms with Crippen LogP contribution in [0.5, 0.6) is 0 Å². The van der Waals surface area contributed by atoms with Gasteiger partial charge in [0.2, 0.25) is 0 Å². The minimum Gasteiger partial charge on any atom is -0.384 e. The standard InChI is InChI=1S/C17H14BrNO/c1-11-7-8-15(18)14(10-11)17(20)13-6-2-4-12-5-3-9-19-16(12)13/h2-10,17,20H,1H3. The number of pyridine rings is 1. The van der Waals surface area contributed by atoms with Gasteiger partial charge in [-0.25, -0.2) is 0 Å². The molecule has 0 aliphatic heterocycles. The fourth-order valence-electron chi connectivity index (χ4n) is 2.39. The summed E-state index contributed by atoms with van der Waals surface area (Å²) in [7, 11) is 0. The van der Waals surface area contributed by atoms with Gasteiger partial charge in [-0.15, -0.1) is 0 Å². The summed E-state index contributed by atoms with van der Waals surface area (Å²) in [6.07, 6.45) is 1.06. The van der Waals surface area contributed by atoms with Crippen LogP contribution < -0.4 is 0 Å². The van der Waals surface area contributed by atoms with Gasteiger partial charge in [0.05, 0.1) is 5.52 Å². The van der Waals surface area contributed by atoms with Crippen molar-refractivity contribution < 1.29 is 5.11 Å². The number of rotatable bonds is 2. The summed E-state index contributed by atoms with van der Waals surface area (Å²) >= 11 is 3.51. The second-order valence-electron chi connectivity index (χ2n) is 4.85. The van der Waals surface area contributed by atoms with E-state index >= 15 is 0 Å². The van der Waals surface area contributed by atoms with Gasteiger partial charge in [-0.05, 0) is 24.6 Å². The van der Waals surface area contributed by atoms with E-state index in [1.54, 1.807) is 6.20 Å². The zero-order valence-corrected chi connectivity index (χ0v) is 12.6. The second kappa shape index (κ2) is 5.35. The van der Waals surface area contributed by atoms with E-state index < -0.39 is 6.10 Å². The highest BCUT2D eigenvalue weighted by Gasteiger charge is 2.16. The van der Waals surface area contributed by atoms with Crippen LogP contribution in [-0.2, 0) is 0 Å². The van der Waals surface area contributed by atoms with Crippen LogP contribution in [-0.4, -0.2) is 10.1 Å². The molecule has 0 radical (unpaired) electrons. The Morgan fingerprint density at radius 2 is 1.85 bits per heavy atom. The average molecular weight is 328 g/mol. The van der Waals surface area contributed by atoms with Gasteiger partial charge < -0.3 is 5.11 Å². The summed E-state index contributed by atoms with van der Waals surface area (Å²) < 4.78 is 0.906. The predicted octanol–water partition coefficient (Wildman–Crippen LogP) is 4.39. The number of para-hydroxylation sites is 1. The van der Waals surface area contributed by atoms with Gasteiger partial charge in [0, 0.05) is 21.6 Å². The van der Waals surface area contributed by atoms with Crippen molar-refractivity contribution in [3.05, 3.63) is 75.9 Å². The third-order valence-corrected chi connectivity index (χ3v) is 4.13. The molecule has 20 heavy (non-hydrogen) atoms. The molecule has 0 aliphatic rings. The molecular weight excluding hydrogens is 314 g/mol. The lowest BCUT2D eigenvalue weighted by molar-refractivity contribution is 0.221. The molecule has 1 atom stereocenters. The van der Waals surface area contributed by atoms with E-state index in [1.807, 2.05) is 55.5 Å². The number of aryl methyl sites for hydroxylation is 1. The van der Waals surface area contributed by atoms with Crippen molar-refractivity contribution in [1.29, 1.82) is 0 Å². The van der Waals surface area contributed by atoms with Gasteiger partial charge in [-0.1, -0.05) is 57.9 Å². The number of halogens is 1. The van der Waals surface area contributed by atoms with E-state index in [2.05, 4.69) is 20.9 Å². The van der Waals surface area contributed by atoms with Gasteiger partial charge in [0.1, 0.15) is 6.10 Å². The maximum atomic E-state index is 10.7. The van der Waals surface area contributed by atoms with Gasteiger partial charge in [-0.3, -0.25) is 4.98 Å². The molecule has 0 saturated heterocycles. The summed E-state index contributed by atoms with van der Waals surface area (Å²) in [5.41, 5.74) is 3.66. The molecule has 0 saturated carbocycles. The Bertz CT molecular complexity index is 765. The fourth-order valence-corrected chi connectivity index (χ4v) is 2.85. The molecule has 3 rings (SSSR count). The van der Waals surface area contributed by atoms with Gasteiger partial charge >= 0.3 is 0 Å². The zero-order valence-electron chi connectivity index (χ0n) is 11.0. The first-order valence-corrected chi connectivity index (χ1v) is 7.24. The van der Waals surface area contributed by atoms with Crippen molar-refractivity contribution >= 4 is 26.8 Å². The molecule has 0 spiro atoms. The highest BCUT2D eigenvalue weighted by molar-refractivity contribution is 9.10. The summed E-state index contributed by atoms with van der Waals surface area (Å²) in [5, 5.41) is 11.8. The van der Waals surface area contributed by atoms with Crippen LogP contribution in [0.1, 0.15) is 22.8 Å². The SMILES string of the molecule is Cc1ccc(Br)c(C(O)c2cccc3cccnc23)c1. The minimum atomic E-state index is -0.692. The van der Waals surface area contributed by atoms with Crippen LogP contribution in [0, 0.1) is 6.92 Å². The molecule has 1 aromatic heterocycles. The molecule has 1 N–H and O–H groups in total. The molecule has 2 nitrogen and oxygen atoms in total. The number of aliphatic hydroxyl groups excluding tert-OH is 1. The van der Waals surface area contributed by atoms with Crippen LogP contribution in [0.25, 0.3) is 10.9 Å². The lowest BCUT2D eigenvalue weighted by Crippen LogP contribution is -2.02. The van der Waals surface area contributed by atoms with E-state index in [4.69, 9.17) is 0 Å². The predicted molar refractivity (Wildman–Crippen MR) is 84.7 cm³/mol. The normalized spacial score (nSPS) is 12.6. The highest BCUT2D eigenvalue weighted by Crippen LogP contribution is 2.32. The summed E-state index contributed by atoms with van der Waals surface area (Å²) in [4.78, 5) is 4.40. The number of hydrogen-bond acceptors (Lipinski definition) is 2. The van der Waals surface area contributed by atoms with Gasteiger partial charge in [-0.2, -0.15) is 0 Å². The molecule has 0 bridgehead atoms. The maximum absolute atomic E-state index is 10.7. The van der Waals surface area contributed by atoms with E-state index in [0.29, 0.717) is 0 Å². The third-order valence-electron chi connectivity index (χ3n) is 3.40. The van der Waals surface area contributed by atoms with E-state index in [1.165, 1.54) is 0 Å².